The number of nitrogens with zero attached hydrogens (tertiary/aromatic N) is 1. The molecule has 1 aliphatic rings. The summed E-state index contributed by atoms with van der Waals surface area (Å²) >= 11 is 5.81. The SMILES string of the molecule is CC1CN(Cc2cc(F)cc(Cl)c2)CC1N. The Hall–Kier alpha value is -0.640. The third-order valence-corrected chi connectivity index (χ3v) is 3.29. The normalized spacial score (nSPS) is 26.2. The first-order valence-electron chi connectivity index (χ1n) is 5.47. The number of halogens is 2. The van der Waals surface area contributed by atoms with E-state index in [0.717, 1.165) is 25.2 Å². The molecule has 1 aromatic rings. The molecule has 1 heterocycles. The van der Waals surface area contributed by atoms with Crippen molar-refractivity contribution in [2.45, 2.75) is 19.5 Å². The fraction of sp³-hybridized carbons (Fsp3) is 0.500. The van der Waals surface area contributed by atoms with Gasteiger partial charge in [-0.3, -0.25) is 4.90 Å². The standard InChI is InChI=1S/C12H16ClFN2/c1-8-5-16(7-12(8)15)6-9-2-10(13)4-11(14)3-9/h2-4,8,12H,5-7,15H2,1H3. The first-order chi connectivity index (χ1) is 7.54. The van der Waals surface area contributed by atoms with E-state index >= 15 is 0 Å². The Bertz CT molecular complexity index is 353. The molecule has 1 fully saturated rings. The van der Waals surface area contributed by atoms with Gasteiger partial charge in [-0.05, 0) is 29.7 Å². The number of nitrogens with two attached hydrogens (primary N) is 1. The quantitative estimate of drug-likeness (QED) is 0.862. The third kappa shape index (κ3) is 2.73. The van der Waals surface area contributed by atoms with Crippen molar-refractivity contribution in [2.75, 3.05) is 13.1 Å². The van der Waals surface area contributed by atoms with Crippen molar-refractivity contribution < 1.29 is 4.39 Å². The lowest BCUT2D eigenvalue weighted by Crippen LogP contribution is -2.28. The van der Waals surface area contributed by atoms with Crippen molar-refractivity contribution in [3.05, 3.63) is 34.6 Å². The number of hydrogen-bond donors (Lipinski definition) is 1. The van der Waals surface area contributed by atoms with Crippen LogP contribution in [-0.4, -0.2) is 24.0 Å². The van der Waals surface area contributed by atoms with E-state index in [2.05, 4.69) is 11.8 Å². The van der Waals surface area contributed by atoms with Gasteiger partial charge < -0.3 is 5.73 Å². The minimum Gasteiger partial charge on any atom is -0.326 e. The highest BCUT2D eigenvalue weighted by Crippen LogP contribution is 2.20. The average molecular weight is 243 g/mol. The Labute approximate surface area is 100 Å². The molecular weight excluding hydrogens is 227 g/mol. The van der Waals surface area contributed by atoms with Crippen LogP contribution in [0.3, 0.4) is 0 Å². The van der Waals surface area contributed by atoms with Gasteiger partial charge >= 0.3 is 0 Å². The van der Waals surface area contributed by atoms with Gasteiger partial charge in [-0.1, -0.05) is 18.5 Å². The monoisotopic (exact) mass is 242 g/mol. The van der Waals surface area contributed by atoms with Crippen LogP contribution in [0, 0.1) is 11.7 Å². The van der Waals surface area contributed by atoms with Crippen LogP contribution in [0.4, 0.5) is 4.39 Å². The molecule has 0 radical (unpaired) electrons. The molecule has 2 atom stereocenters. The molecule has 0 aliphatic carbocycles. The molecule has 88 valence electrons. The predicted molar refractivity (Wildman–Crippen MR) is 63.8 cm³/mol. The number of hydrogen-bond acceptors (Lipinski definition) is 2. The Kier molecular flexibility index (Phi) is 3.47. The van der Waals surface area contributed by atoms with Gasteiger partial charge in [-0.25, -0.2) is 4.39 Å². The molecule has 1 aromatic carbocycles. The molecule has 2 rings (SSSR count). The van der Waals surface area contributed by atoms with Gasteiger partial charge in [0, 0.05) is 30.7 Å². The second-order valence-electron chi connectivity index (χ2n) is 4.61. The van der Waals surface area contributed by atoms with E-state index in [1.165, 1.54) is 12.1 Å². The maximum atomic E-state index is 13.1. The summed E-state index contributed by atoms with van der Waals surface area (Å²) in [7, 11) is 0. The van der Waals surface area contributed by atoms with Gasteiger partial charge in [0.05, 0.1) is 0 Å². The van der Waals surface area contributed by atoms with Crippen LogP contribution in [-0.2, 0) is 6.54 Å². The first-order valence-corrected chi connectivity index (χ1v) is 5.85. The predicted octanol–water partition coefficient (Wildman–Crippen LogP) is 2.26. The summed E-state index contributed by atoms with van der Waals surface area (Å²) in [6.07, 6.45) is 0. The van der Waals surface area contributed by atoms with Crippen LogP contribution in [0.25, 0.3) is 0 Å². The van der Waals surface area contributed by atoms with E-state index in [1.54, 1.807) is 6.07 Å². The molecule has 0 spiro atoms. The largest absolute Gasteiger partial charge is 0.326 e. The van der Waals surface area contributed by atoms with Crippen LogP contribution < -0.4 is 5.73 Å². The topological polar surface area (TPSA) is 29.3 Å². The van der Waals surface area contributed by atoms with Crippen molar-refractivity contribution >= 4 is 11.6 Å². The molecule has 2 N–H and O–H groups in total. The van der Waals surface area contributed by atoms with Gasteiger partial charge in [0.2, 0.25) is 0 Å². The van der Waals surface area contributed by atoms with Crippen LogP contribution in [0.1, 0.15) is 12.5 Å². The highest BCUT2D eigenvalue weighted by molar-refractivity contribution is 6.30. The van der Waals surface area contributed by atoms with Crippen molar-refractivity contribution in [3.63, 3.8) is 0 Å². The Morgan fingerprint density at radius 2 is 2.19 bits per heavy atom. The Morgan fingerprint density at radius 3 is 2.75 bits per heavy atom. The van der Waals surface area contributed by atoms with E-state index in [1.807, 2.05) is 0 Å². The van der Waals surface area contributed by atoms with Crippen LogP contribution in [0.2, 0.25) is 5.02 Å². The zero-order valence-corrected chi connectivity index (χ0v) is 10.0. The summed E-state index contributed by atoms with van der Waals surface area (Å²) in [5, 5.41) is 0.451. The van der Waals surface area contributed by atoms with Gasteiger partial charge in [0.1, 0.15) is 5.82 Å². The van der Waals surface area contributed by atoms with Gasteiger partial charge in [-0.15, -0.1) is 0 Å². The van der Waals surface area contributed by atoms with Gasteiger partial charge in [0.25, 0.3) is 0 Å². The summed E-state index contributed by atoms with van der Waals surface area (Å²) < 4.78 is 13.1. The fourth-order valence-corrected chi connectivity index (χ4v) is 2.43. The van der Waals surface area contributed by atoms with E-state index in [9.17, 15) is 4.39 Å². The number of benzene rings is 1. The first kappa shape index (κ1) is 11.8. The Morgan fingerprint density at radius 1 is 1.44 bits per heavy atom. The number of rotatable bonds is 2. The van der Waals surface area contributed by atoms with Crippen molar-refractivity contribution in [1.82, 2.24) is 4.90 Å². The van der Waals surface area contributed by atoms with Gasteiger partial charge in [0.15, 0.2) is 0 Å². The molecule has 0 bridgehead atoms. The molecule has 4 heteroatoms. The molecule has 1 aliphatic heterocycles. The maximum Gasteiger partial charge on any atom is 0.125 e. The lowest BCUT2D eigenvalue weighted by atomic mass is 10.1. The molecular formula is C12H16ClFN2. The molecule has 2 nitrogen and oxygen atoms in total. The second-order valence-corrected chi connectivity index (χ2v) is 5.05. The van der Waals surface area contributed by atoms with E-state index in [-0.39, 0.29) is 11.9 Å². The minimum atomic E-state index is -0.279. The summed E-state index contributed by atoms with van der Waals surface area (Å²) in [5.74, 6) is 0.225. The molecule has 0 aromatic heterocycles. The van der Waals surface area contributed by atoms with Gasteiger partial charge in [-0.2, -0.15) is 0 Å². The molecule has 0 saturated carbocycles. The summed E-state index contributed by atoms with van der Waals surface area (Å²) in [4.78, 5) is 2.24. The highest BCUT2D eigenvalue weighted by Gasteiger charge is 2.26. The van der Waals surface area contributed by atoms with Crippen LogP contribution >= 0.6 is 11.6 Å². The number of likely N-dealkylation sites (tertiary alicyclic amines) is 1. The summed E-state index contributed by atoms with van der Waals surface area (Å²) in [6.45, 7) is 4.70. The van der Waals surface area contributed by atoms with Crippen LogP contribution in [0.5, 0.6) is 0 Å². The highest BCUT2D eigenvalue weighted by atomic mass is 35.5. The summed E-state index contributed by atoms with van der Waals surface area (Å²) in [6, 6.07) is 4.88. The van der Waals surface area contributed by atoms with Crippen molar-refractivity contribution in [2.24, 2.45) is 11.7 Å². The lowest BCUT2D eigenvalue weighted by molar-refractivity contribution is 0.318. The lowest BCUT2D eigenvalue weighted by Gasteiger charge is -2.15. The second kappa shape index (κ2) is 4.70. The smallest absolute Gasteiger partial charge is 0.125 e. The Balaban J connectivity index is 2.04. The van der Waals surface area contributed by atoms with Crippen molar-refractivity contribution in [3.8, 4) is 0 Å². The van der Waals surface area contributed by atoms with Crippen LogP contribution in [0.15, 0.2) is 18.2 Å². The summed E-state index contributed by atoms with van der Waals surface area (Å²) in [5.41, 5.74) is 6.85. The molecule has 0 amide bonds. The van der Waals surface area contributed by atoms with Crippen molar-refractivity contribution in [1.29, 1.82) is 0 Å². The zero-order valence-electron chi connectivity index (χ0n) is 9.29. The van der Waals surface area contributed by atoms with E-state index in [4.69, 9.17) is 17.3 Å². The van der Waals surface area contributed by atoms with E-state index < -0.39 is 0 Å². The minimum absolute atomic E-state index is 0.226. The average Bonchev–Trinajstić information content (AvgIpc) is 2.43. The van der Waals surface area contributed by atoms with E-state index in [0.29, 0.717) is 10.9 Å². The maximum absolute atomic E-state index is 13.1. The molecule has 1 saturated heterocycles. The molecule has 16 heavy (non-hydrogen) atoms. The fourth-order valence-electron chi connectivity index (χ4n) is 2.18. The zero-order chi connectivity index (χ0) is 11.7. The third-order valence-electron chi connectivity index (χ3n) is 3.07. The molecule has 2 unspecified atom stereocenters.